The van der Waals surface area contributed by atoms with Crippen molar-refractivity contribution in [2.45, 2.75) is 6.18 Å². The number of H-pyrrole nitrogens is 1. The number of hydrogen-bond donors (Lipinski definition) is 2. The van der Waals surface area contributed by atoms with E-state index in [9.17, 15) is 22.8 Å². The number of carbonyl (C=O) groups is 1. The third kappa shape index (κ3) is 4.52. The Hall–Kier alpha value is -2.84. The van der Waals surface area contributed by atoms with Gasteiger partial charge >= 0.3 is 12.1 Å². The summed E-state index contributed by atoms with van der Waals surface area (Å²) in [6.45, 7) is 0. The highest BCUT2D eigenvalue weighted by Gasteiger charge is 2.38. The number of aromatic amines is 1. The van der Waals surface area contributed by atoms with E-state index < -0.39 is 17.6 Å². The summed E-state index contributed by atoms with van der Waals surface area (Å²) in [6, 6.07) is 10.2. The van der Waals surface area contributed by atoms with E-state index in [4.69, 9.17) is 23.2 Å². The van der Waals surface area contributed by atoms with Crippen LogP contribution in [0.3, 0.4) is 0 Å². The number of carbonyl (C=O) groups excluding carboxylic acids is 1. The van der Waals surface area contributed by atoms with E-state index in [1.54, 1.807) is 23.5 Å². The fourth-order valence-electron chi connectivity index (χ4n) is 2.35. The van der Waals surface area contributed by atoms with Crippen molar-refractivity contribution in [3.63, 3.8) is 0 Å². The van der Waals surface area contributed by atoms with Gasteiger partial charge in [-0.3, -0.25) is 9.59 Å². The molecule has 2 N–H and O–H groups in total. The van der Waals surface area contributed by atoms with Gasteiger partial charge in [-0.25, -0.2) is 4.98 Å². The molecule has 0 spiro atoms. The van der Waals surface area contributed by atoms with Crippen molar-refractivity contribution in [2.24, 2.45) is 0 Å². The number of amides is 1. The van der Waals surface area contributed by atoms with Gasteiger partial charge in [0, 0.05) is 10.7 Å². The second kappa shape index (κ2) is 7.65. The third-order valence-corrected chi connectivity index (χ3v) is 4.11. The first kappa shape index (κ1) is 19.9. The van der Waals surface area contributed by atoms with Crippen molar-refractivity contribution in [3.8, 4) is 0 Å². The molecule has 0 atom stereocenters. The van der Waals surface area contributed by atoms with Crippen molar-refractivity contribution in [2.75, 3.05) is 5.32 Å². The van der Waals surface area contributed by atoms with Gasteiger partial charge in [0.1, 0.15) is 0 Å². The maximum absolute atomic E-state index is 12.4. The van der Waals surface area contributed by atoms with Crippen LogP contribution < -0.4 is 10.9 Å². The van der Waals surface area contributed by atoms with Gasteiger partial charge in [0.25, 0.3) is 5.56 Å². The van der Waals surface area contributed by atoms with Crippen LogP contribution in [-0.2, 0) is 4.79 Å². The first-order chi connectivity index (χ1) is 13.1. The highest BCUT2D eigenvalue weighted by Crippen LogP contribution is 2.23. The minimum absolute atomic E-state index is 0.0493. The smallest absolute Gasteiger partial charge is 0.318 e. The standard InChI is InChI=1S/C18H10Cl2F3N3O2/c19-10-4-5-14-12(8-10)16(27)26-15(25-14)13(20)7-9-2-1-3-11(6-9)24-17(28)18(21,22)23/h1-8H,(H,24,28)(H,25,26,27)/b13-7-. The molecule has 1 aromatic heterocycles. The van der Waals surface area contributed by atoms with Crippen molar-refractivity contribution in [3.05, 3.63) is 69.2 Å². The van der Waals surface area contributed by atoms with Gasteiger partial charge in [0.05, 0.1) is 15.9 Å². The van der Waals surface area contributed by atoms with Crippen LogP contribution in [-0.4, -0.2) is 22.1 Å². The Morgan fingerprint density at radius 2 is 1.93 bits per heavy atom. The molecule has 1 amide bonds. The molecule has 0 unspecified atom stereocenters. The van der Waals surface area contributed by atoms with Gasteiger partial charge in [-0.2, -0.15) is 13.2 Å². The average molecular weight is 428 g/mol. The van der Waals surface area contributed by atoms with E-state index in [1.807, 2.05) is 0 Å². The topological polar surface area (TPSA) is 74.8 Å². The summed E-state index contributed by atoms with van der Waals surface area (Å²) in [5.41, 5.74) is 0.264. The molecular weight excluding hydrogens is 418 g/mol. The van der Waals surface area contributed by atoms with Crippen LogP contribution in [0, 0.1) is 0 Å². The molecule has 0 radical (unpaired) electrons. The fourth-order valence-corrected chi connectivity index (χ4v) is 2.73. The number of anilines is 1. The van der Waals surface area contributed by atoms with Crippen LogP contribution in [0.15, 0.2) is 47.3 Å². The first-order valence-corrected chi connectivity index (χ1v) is 8.44. The van der Waals surface area contributed by atoms with Gasteiger partial charge in [-0.1, -0.05) is 35.3 Å². The van der Waals surface area contributed by atoms with Crippen LogP contribution >= 0.6 is 23.2 Å². The van der Waals surface area contributed by atoms with E-state index in [0.717, 1.165) is 0 Å². The SMILES string of the molecule is O=C(Nc1cccc(/C=C(\Cl)c2nc3ccc(Cl)cc3c(=O)[nH]2)c1)C(F)(F)F. The van der Waals surface area contributed by atoms with Gasteiger partial charge in [-0.15, -0.1) is 0 Å². The second-order valence-corrected chi connectivity index (χ2v) is 6.49. The molecule has 10 heteroatoms. The molecule has 0 aliphatic rings. The van der Waals surface area contributed by atoms with Crippen molar-refractivity contribution in [1.29, 1.82) is 0 Å². The number of aromatic nitrogens is 2. The maximum atomic E-state index is 12.4. The lowest BCUT2D eigenvalue weighted by atomic mass is 10.2. The van der Waals surface area contributed by atoms with Crippen LogP contribution in [0.25, 0.3) is 22.0 Å². The molecule has 1 heterocycles. The molecule has 0 aliphatic heterocycles. The van der Waals surface area contributed by atoms with E-state index in [1.165, 1.54) is 30.3 Å². The van der Waals surface area contributed by atoms with Gasteiger partial charge in [0.2, 0.25) is 0 Å². The zero-order chi connectivity index (χ0) is 20.5. The number of halogens is 5. The quantitative estimate of drug-likeness (QED) is 0.629. The molecule has 0 bridgehead atoms. The number of nitrogens with one attached hydrogen (secondary N) is 2. The van der Waals surface area contributed by atoms with Gasteiger partial charge in [-0.05, 0) is 42.0 Å². The minimum Gasteiger partial charge on any atom is -0.318 e. The summed E-state index contributed by atoms with van der Waals surface area (Å²) in [4.78, 5) is 30.0. The lowest BCUT2D eigenvalue weighted by molar-refractivity contribution is -0.167. The minimum atomic E-state index is -5.00. The molecule has 144 valence electrons. The molecule has 2 aromatic carbocycles. The molecule has 0 aliphatic carbocycles. The lowest BCUT2D eigenvalue weighted by Crippen LogP contribution is -2.29. The number of benzene rings is 2. The predicted octanol–water partition coefficient (Wildman–Crippen LogP) is 4.81. The van der Waals surface area contributed by atoms with Gasteiger partial charge in [0.15, 0.2) is 5.82 Å². The normalized spacial score (nSPS) is 12.2. The predicted molar refractivity (Wildman–Crippen MR) is 102 cm³/mol. The molecule has 3 rings (SSSR count). The molecule has 5 nitrogen and oxygen atoms in total. The average Bonchev–Trinajstić information content (AvgIpc) is 2.61. The zero-order valence-electron chi connectivity index (χ0n) is 13.8. The second-order valence-electron chi connectivity index (χ2n) is 5.65. The largest absolute Gasteiger partial charge is 0.471 e. The number of nitrogens with zero attached hydrogens (tertiary/aromatic N) is 1. The number of alkyl halides is 3. The highest BCUT2D eigenvalue weighted by atomic mass is 35.5. The molecule has 28 heavy (non-hydrogen) atoms. The first-order valence-electron chi connectivity index (χ1n) is 7.69. The summed E-state index contributed by atoms with van der Waals surface area (Å²) >= 11 is 12.1. The van der Waals surface area contributed by atoms with E-state index >= 15 is 0 Å². The Bertz CT molecular complexity index is 1160. The molecule has 0 fully saturated rings. The Morgan fingerprint density at radius 1 is 1.18 bits per heavy atom. The number of rotatable bonds is 3. The van der Waals surface area contributed by atoms with Gasteiger partial charge < -0.3 is 10.3 Å². The molecule has 3 aromatic rings. The van der Waals surface area contributed by atoms with E-state index in [-0.39, 0.29) is 21.9 Å². The maximum Gasteiger partial charge on any atom is 0.471 e. The summed E-state index contributed by atoms with van der Waals surface area (Å²) in [5, 5.41) is 2.47. The van der Waals surface area contributed by atoms with Crippen molar-refractivity contribution in [1.82, 2.24) is 9.97 Å². The monoisotopic (exact) mass is 427 g/mol. The summed E-state index contributed by atoms with van der Waals surface area (Å²) in [5.74, 6) is -2.01. The molecular formula is C18H10Cl2F3N3O2. The Morgan fingerprint density at radius 3 is 2.64 bits per heavy atom. The Balaban J connectivity index is 1.93. The third-order valence-electron chi connectivity index (χ3n) is 3.59. The van der Waals surface area contributed by atoms with Crippen LogP contribution in [0.1, 0.15) is 11.4 Å². The van der Waals surface area contributed by atoms with Crippen LogP contribution in [0.5, 0.6) is 0 Å². The van der Waals surface area contributed by atoms with Crippen LogP contribution in [0.4, 0.5) is 18.9 Å². The van der Waals surface area contributed by atoms with E-state index in [2.05, 4.69) is 9.97 Å². The summed E-state index contributed by atoms with van der Waals surface area (Å²) in [6.07, 6.45) is -3.61. The Kier molecular flexibility index (Phi) is 5.44. The van der Waals surface area contributed by atoms with Crippen LogP contribution in [0.2, 0.25) is 5.02 Å². The Labute approximate surface area is 165 Å². The zero-order valence-corrected chi connectivity index (χ0v) is 15.3. The lowest BCUT2D eigenvalue weighted by Gasteiger charge is -2.08. The van der Waals surface area contributed by atoms with Crippen molar-refractivity contribution >= 4 is 56.8 Å². The summed E-state index contributed by atoms with van der Waals surface area (Å²) in [7, 11) is 0. The van der Waals surface area contributed by atoms with E-state index in [0.29, 0.717) is 16.1 Å². The number of hydrogen-bond acceptors (Lipinski definition) is 3. The molecule has 0 saturated carbocycles. The van der Waals surface area contributed by atoms with Crippen molar-refractivity contribution < 1.29 is 18.0 Å². The fraction of sp³-hybridized carbons (Fsp3) is 0.0556. The number of fused-ring (bicyclic) bond motifs is 1. The summed E-state index contributed by atoms with van der Waals surface area (Å²) < 4.78 is 37.1. The molecule has 0 saturated heterocycles. The highest BCUT2D eigenvalue weighted by molar-refractivity contribution is 6.50.